The second kappa shape index (κ2) is 9.05. The molecule has 2 aromatic carbocycles. The SMILES string of the molecule is CC(=O)c1ccc(NC(=O)[C@@H](C)N(C)Cc2c(C)nn(-c3ccccc3)c2C)cc1. The van der Waals surface area contributed by atoms with E-state index >= 15 is 0 Å². The molecule has 0 saturated heterocycles. The van der Waals surface area contributed by atoms with Crippen LogP contribution < -0.4 is 5.32 Å². The van der Waals surface area contributed by atoms with Crippen LogP contribution in [0.1, 0.15) is 41.2 Å². The molecule has 156 valence electrons. The standard InChI is InChI=1S/C24H28N4O2/c1-16-23(17(2)28(26-16)22-9-7-6-8-10-22)15-27(5)18(3)24(30)25-21-13-11-20(12-14-21)19(4)29/h6-14,18H,15H2,1-5H3,(H,25,30)/t18-/m1/s1. The smallest absolute Gasteiger partial charge is 0.241 e. The van der Waals surface area contributed by atoms with Gasteiger partial charge in [-0.2, -0.15) is 5.10 Å². The van der Waals surface area contributed by atoms with Gasteiger partial charge in [0.1, 0.15) is 0 Å². The lowest BCUT2D eigenvalue weighted by molar-refractivity contribution is -0.120. The van der Waals surface area contributed by atoms with Gasteiger partial charge < -0.3 is 5.32 Å². The van der Waals surface area contributed by atoms with E-state index in [0.717, 1.165) is 22.6 Å². The number of ketones is 1. The number of para-hydroxylation sites is 1. The van der Waals surface area contributed by atoms with Gasteiger partial charge in [0.15, 0.2) is 5.78 Å². The Hall–Kier alpha value is -3.25. The van der Waals surface area contributed by atoms with Crippen molar-refractivity contribution in [3.05, 3.63) is 77.1 Å². The fourth-order valence-corrected chi connectivity index (χ4v) is 3.35. The molecule has 30 heavy (non-hydrogen) atoms. The van der Waals surface area contributed by atoms with Crippen LogP contribution in [0.15, 0.2) is 54.6 Å². The van der Waals surface area contributed by atoms with Crippen molar-refractivity contribution in [2.45, 2.75) is 40.3 Å². The summed E-state index contributed by atoms with van der Waals surface area (Å²) in [4.78, 5) is 26.1. The molecule has 1 aromatic heterocycles. The number of carbonyl (C=O) groups is 2. The maximum Gasteiger partial charge on any atom is 0.241 e. The summed E-state index contributed by atoms with van der Waals surface area (Å²) in [5, 5.41) is 7.61. The van der Waals surface area contributed by atoms with Crippen molar-refractivity contribution < 1.29 is 9.59 Å². The normalized spacial score (nSPS) is 12.1. The first kappa shape index (κ1) is 21.5. The minimum Gasteiger partial charge on any atom is -0.325 e. The number of nitrogens with zero attached hydrogens (tertiary/aromatic N) is 3. The van der Waals surface area contributed by atoms with E-state index in [1.807, 2.05) is 60.8 Å². The van der Waals surface area contributed by atoms with Crippen LogP contribution in [0.3, 0.4) is 0 Å². The highest BCUT2D eigenvalue weighted by atomic mass is 16.2. The molecule has 0 unspecified atom stereocenters. The summed E-state index contributed by atoms with van der Waals surface area (Å²) in [6.45, 7) is 8.07. The Morgan fingerprint density at radius 2 is 1.70 bits per heavy atom. The molecule has 0 radical (unpaired) electrons. The second-order valence-electron chi connectivity index (χ2n) is 7.61. The topological polar surface area (TPSA) is 67.2 Å². The van der Waals surface area contributed by atoms with Gasteiger partial charge in [-0.05, 0) is 71.1 Å². The van der Waals surface area contributed by atoms with Gasteiger partial charge in [0.25, 0.3) is 0 Å². The molecular formula is C24H28N4O2. The van der Waals surface area contributed by atoms with Gasteiger partial charge in [-0.3, -0.25) is 14.5 Å². The van der Waals surface area contributed by atoms with Crippen LogP contribution in [0.4, 0.5) is 5.69 Å². The number of hydrogen-bond donors (Lipinski definition) is 1. The fraction of sp³-hybridized carbons (Fsp3) is 0.292. The largest absolute Gasteiger partial charge is 0.325 e. The third kappa shape index (κ3) is 4.66. The van der Waals surface area contributed by atoms with Gasteiger partial charge in [0.05, 0.1) is 17.4 Å². The molecule has 0 spiro atoms. The average molecular weight is 405 g/mol. The summed E-state index contributed by atoms with van der Waals surface area (Å²) in [5.74, 6) is -0.0957. The lowest BCUT2D eigenvalue weighted by Crippen LogP contribution is -2.39. The molecule has 1 heterocycles. The first-order chi connectivity index (χ1) is 14.3. The number of likely N-dealkylation sites (N-methyl/N-ethyl adjacent to an activating group) is 1. The van der Waals surface area contributed by atoms with Crippen LogP contribution in [-0.2, 0) is 11.3 Å². The van der Waals surface area contributed by atoms with Crippen molar-refractivity contribution in [3.8, 4) is 5.69 Å². The molecule has 0 aliphatic carbocycles. The zero-order chi connectivity index (χ0) is 21.8. The molecule has 1 atom stereocenters. The van der Waals surface area contributed by atoms with Crippen molar-refractivity contribution >= 4 is 17.4 Å². The Bertz CT molecular complexity index is 1040. The number of aryl methyl sites for hydroxylation is 1. The Morgan fingerprint density at radius 3 is 2.30 bits per heavy atom. The number of rotatable bonds is 7. The highest BCUT2D eigenvalue weighted by Gasteiger charge is 2.21. The highest BCUT2D eigenvalue weighted by molar-refractivity contribution is 5.96. The molecule has 6 heteroatoms. The summed E-state index contributed by atoms with van der Waals surface area (Å²) < 4.78 is 1.94. The molecular weight excluding hydrogens is 376 g/mol. The summed E-state index contributed by atoms with van der Waals surface area (Å²) >= 11 is 0. The minimum atomic E-state index is -0.337. The van der Waals surface area contributed by atoms with Crippen molar-refractivity contribution in [1.82, 2.24) is 14.7 Å². The van der Waals surface area contributed by atoms with Crippen molar-refractivity contribution in [2.75, 3.05) is 12.4 Å². The van der Waals surface area contributed by atoms with E-state index in [1.54, 1.807) is 24.3 Å². The van der Waals surface area contributed by atoms with Crippen LogP contribution in [0.2, 0.25) is 0 Å². The zero-order valence-corrected chi connectivity index (χ0v) is 18.1. The third-order valence-corrected chi connectivity index (χ3v) is 5.45. The van der Waals surface area contributed by atoms with E-state index in [0.29, 0.717) is 17.8 Å². The van der Waals surface area contributed by atoms with Gasteiger partial charge in [0.2, 0.25) is 5.91 Å². The molecule has 3 rings (SSSR count). The summed E-state index contributed by atoms with van der Waals surface area (Å²) in [6, 6.07) is 16.6. The van der Waals surface area contributed by atoms with Gasteiger partial charge in [-0.15, -0.1) is 0 Å². The number of aromatic nitrogens is 2. The number of anilines is 1. The minimum absolute atomic E-state index is 0.00256. The Labute approximate surface area is 177 Å². The third-order valence-electron chi connectivity index (χ3n) is 5.45. The number of nitrogens with one attached hydrogen (secondary N) is 1. The van der Waals surface area contributed by atoms with Gasteiger partial charge in [-0.25, -0.2) is 4.68 Å². The van der Waals surface area contributed by atoms with Gasteiger partial charge in [0, 0.05) is 29.1 Å². The first-order valence-corrected chi connectivity index (χ1v) is 10.0. The highest BCUT2D eigenvalue weighted by Crippen LogP contribution is 2.20. The molecule has 0 fully saturated rings. The van der Waals surface area contributed by atoms with Crippen LogP contribution in [0, 0.1) is 13.8 Å². The predicted octanol–water partition coefficient (Wildman–Crippen LogP) is 4.15. The maximum absolute atomic E-state index is 12.7. The number of benzene rings is 2. The van der Waals surface area contributed by atoms with Crippen LogP contribution in [0.25, 0.3) is 5.69 Å². The van der Waals surface area contributed by atoms with E-state index in [1.165, 1.54) is 6.92 Å². The van der Waals surface area contributed by atoms with Gasteiger partial charge in [-0.1, -0.05) is 18.2 Å². The number of Topliss-reactive ketones (excluding diaryl/α,β-unsaturated/α-hetero) is 1. The Balaban J connectivity index is 1.69. The van der Waals surface area contributed by atoms with Crippen molar-refractivity contribution in [3.63, 3.8) is 0 Å². The lowest BCUT2D eigenvalue weighted by Gasteiger charge is -2.24. The second-order valence-corrected chi connectivity index (χ2v) is 7.61. The summed E-state index contributed by atoms with van der Waals surface area (Å²) in [5.41, 5.74) is 5.46. The van der Waals surface area contributed by atoms with E-state index in [2.05, 4.69) is 17.3 Å². The summed E-state index contributed by atoms with van der Waals surface area (Å²) in [7, 11) is 1.93. The molecule has 1 amide bonds. The van der Waals surface area contributed by atoms with E-state index in [4.69, 9.17) is 0 Å². The average Bonchev–Trinajstić information content (AvgIpc) is 3.02. The Kier molecular flexibility index (Phi) is 6.47. The predicted molar refractivity (Wildman–Crippen MR) is 119 cm³/mol. The number of carbonyl (C=O) groups excluding carboxylic acids is 2. The maximum atomic E-state index is 12.7. The van der Waals surface area contributed by atoms with E-state index in [9.17, 15) is 9.59 Å². The van der Waals surface area contributed by atoms with Crippen LogP contribution in [-0.4, -0.2) is 39.5 Å². The quantitative estimate of drug-likeness (QED) is 0.601. The molecule has 6 nitrogen and oxygen atoms in total. The van der Waals surface area contributed by atoms with Crippen molar-refractivity contribution in [1.29, 1.82) is 0 Å². The fourth-order valence-electron chi connectivity index (χ4n) is 3.35. The molecule has 0 saturated carbocycles. The molecule has 3 aromatic rings. The van der Waals surface area contributed by atoms with Crippen LogP contribution >= 0.6 is 0 Å². The van der Waals surface area contributed by atoms with E-state index < -0.39 is 0 Å². The molecule has 0 aliphatic rings. The first-order valence-electron chi connectivity index (χ1n) is 10.0. The van der Waals surface area contributed by atoms with Gasteiger partial charge >= 0.3 is 0 Å². The Morgan fingerprint density at radius 1 is 1.07 bits per heavy atom. The number of amides is 1. The molecule has 0 bridgehead atoms. The van der Waals surface area contributed by atoms with E-state index in [-0.39, 0.29) is 17.7 Å². The van der Waals surface area contributed by atoms with Crippen molar-refractivity contribution in [2.24, 2.45) is 0 Å². The monoisotopic (exact) mass is 404 g/mol. The molecule has 1 N–H and O–H groups in total. The van der Waals surface area contributed by atoms with Crippen LogP contribution in [0.5, 0.6) is 0 Å². The lowest BCUT2D eigenvalue weighted by atomic mass is 10.1. The number of hydrogen-bond acceptors (Lipinski definition) is 4. The summed E-state index contributed by atoms with van der Waals surface area (Å²) in [6.07, 6.45) is 0. The zero-order valence-electron chi connectivity index (χ0n) is 18.1. The molecule has 0 aliphatic heterocycles.